The summed E-state index contributed by atoms with van der Waals surface area (Å²) < 4.78 is 0.487. The second-order valence-electron chi connectivity index (χ2n) is 2.47. The summed E-state index contributed by atoms with van der Waals surface area (Å²) in [5.74, 6) is -0.105. The molecule has 0 aromatic rings. The molecule has 0 spiro atoms. The number of carbonyl (C=O) groups excluding carboxylic acids is 1. The van der Waals surface area contributed by atoms with Crippen molar-refractivity contribution < 1.29 is 4.79 Å². The predicted octanol–water partition coefficient (Wildman–Crippen LogP) is 0.885. The van der Waals surface area contributed by atoms with Crippen LogP contribution in [0.25, 0.3) is 0 Å². The molecular formula is C6H5BrN4O. The number of amides is 1. The molecule has 0 saturated carbocycles. The van der Waals surface area contributed by atoms with Crippen molar-refractivity contribution in [2.45, 2.75) is 6.17 Å². The first-order chi connectivity index (χ1) is 5.70. The third kappa shape index (κ3) is 0.911. The molecular weight excluding hydrogens is 224 g/mol. The van der Waals surface area contributed by atoms with E-state index in [1.807, 2.05) is 0 Å². The number of rotatable bonds is 0. The van der Waals surface area contributed by atoms with Crippen LogP contribution in [0.15, 0.2) is 25.4 Å². The van der Waals surface area contributed by atoms with Crippen molar-refractivity contribution in [2.24, 2.45) is 15.2 Å². The Bertz CT molecular complexity index is 332. The zero-order valence-electron chi connectivity index (χ0n) is 6.23. The summed E-state index contributed by atoms with van der Waals surface area (Å²) in [5, 5.41) is 7.51. The Kier molecular flexibility index (Phi) is 1.57. The van der Waals surface area contributed by atoms with Crippen LogP contribution in [-0.2, 0) is 4.79 Å². The van der Waals surface area contributed by atoms with Crippen molar-refractivity contribution in [1.82, 2.24) is 4.90 Å². The molecule has 5 nitrogen and oxygen atoms in total. The Morgan fingerprint density at radius 1 is 1.67 bits per heavy atom. The maximum Gasteiger partial charge on any atom is 0.261 e. The van der Waals surface area contributed by atoms with Gasteiger partial charge in [0.25, 0.3) is 5.91 Å². The number of nitrogens with zero attached hydrogens (tertiary/aromatic N) is 4. The zero-order chi connectivity index (χ0) is 8.72. The van der Waals surface area contributed by atoms with Crippen LogP contribution >= 0.6 is 15.9 Å². The Labute approximate surface area is 77.0 Å². The first kappa shape index (κ1) is 7.60. The molecule has 0 radical (unpaired) electrons. The van der Waals surface area contributed by atoms with E-state index in [9.17, 15) is 4.79 Å². The molecule has 0 fully saturated rings. The lowest BCUT2D eigenvalue weighted by Gasteiger charge is -2.18. The number of likely N-dealkylation sites (N-methyl/N-ethyl adjacent to an activating group) is 1. The van der Waals surface area contributed by atoms with E-state index < -0.39 is 6.17 Å². The number of hydrogen-bond acceptors (Lipinski definition) is 4. The molecule has 1 unspecified atom stereocenters. The maximum atomic E-state index is 11.4. The van der Waals surface area contributed by atoms with E-state index in [4.69, 9.17) is 0 Å². The van der Waals surface area contributed by atoms with Gasteiger partial charge in [-0.2, -0.15) is 5.11 Å². The summed E-state index contributed by atoms with van der Waals surface area (Å²) in [6.07, 6.45) is 1.03. The number of fused-ring (bicyclic) bond motifs is 1. The maximum absolute atomic E-state index is 11.4. The molecule has 12 heavy (non-hydrogen) atoms. The van der Waals surface area contributed by atoms with Gasteiger partial charge >= 0.3 is 0 Å². The average Bonchev–Trinajstić information content (AvgIpc) is 2.41. The zero-order valence-corrected chi connectivity index (χ0v) is 7.82. The molecule has 2 aliphatic heterocycles. The Morgan fingerprint density at radius 2 is 2.42 bits per heavy atom. The van der Waals surface area contributed by atoms with Gasteiger partial charge in [0.05, 0.1) is 6.34 Å². The van der Waals surface area contributed by atoms with Crippen LogP contribution in [0.1, 0.15) is 0 Å². The van der Waals surface area contributed by atoms with Gasteiger partial charge in [-0.25, -0.2) is 4.99 Å². The monoisotopic (exact) mass is 228 g/mol. The lowest BCUT2D eigenvalue weighted by Crippen LogP contribution is -2.34. The minimum absolute atomic E-state index is 0.105. The molecule has 0 saturated heterocycles. The second kappa shape index (κ2) is 2.48. The Morgan fingerprint density at radius 3 is 3.17 bits per heavy atom. The van der Waals surface area contributed by atoms with Gasteiger partial charge < -0.3 is 4.90 Å². The van der Waals surface area contributed by atoms with E-state index in [1.54, 1.807) is 7.05 Å². The molecule has 2 aliphatic rings. The van der Waals surface area contributed by atoms with Crippen LogP contribution in [-0.4, -0.2) is 30.4 Å². The highest BCUT2D eigenvalue weighted by Gasteiger charge is 2.32. The lowest BCUT2D eigenvalue weighted by molar-refractivity contribution is -0.122. The van der Waals surface area contributed by atoms with Crippen molar-refractivity contribution >= 4 is 28.2 Å². The first-order valence-corrected chi connectivity index (χ1v) is 4.10. The molecule has 0 aromatic heterocycles. The minimum Gasteiger partial charge on any atom is -0.302 e. The van der Waals surface area contributed by atoms with Gasteiger partial charge in [-0.3, -0.25) is 4.79 Å². The number of azo groups is 1. The van der Waals surface area contributed by atoms with Gasteiger partial charge in [0.1, 0.15) is 10.2 Å². The number of halogens is 1. The standard InChI is InChI=1S/C6H5BrN4O/c1-11-2-8-5-3(6(11)12)4(7)9-10-5/h2,5H,1H3. The normalized spacial score (nSPS) is 27.0. The predicted molar refractivity (Wildman–Crippen MR) is 45.9 cm³/mol. The highest BCUT2D eigenvalue weighted by atomic mass is 79.9. The molecule has 0 aromatic carbocycles. The first-order valence-electron chi connectivity index (χ1n) is 3.31. The summed E-state index contributed by atoms with van der Waals surface area (Å²) >= 11 is 3.15. The molecule has 2 heterocycles. The SMILES string of the molecule is CN1C=NC2N=NC(Br)=C2C1=O. The van der Waals surface area contributed by atoms with Gasteiger partial charge in [-0.15, -0.1) is 5.11 Å². The fourth-order valence-corrected chi connectivity index (χ4v) is 1.50. The number of carbonyl (C=O) groups is 1. The van der Waals surface area contributed by atoms with Crippen molar-refractivity contribution in [3.8, 4) is 0 Å². The van der Waals surface area contributed by atoms with E-state index in [1.165, 1.54) is 11.2 Å². The summed E-state index contributed by atoms with van der Waals surface area (Å²) in [7, 11) is 1.65. The van der Waals surface area contributed by atoms with Gasteiger partial charge in [0, 0.05) is 7.05 Å². The Balaban J connectivity index is 2.48. The highest BCUT2D eigenvalue weighted by molar-refractivity contribution is 9.11. The topological polar surface area (TPSA) is 57.4 Å². The molecule has 6 heteroatoms. The Hall–Kier alpha value is -1.04. The largest absolute Gasteiger partial charge is 0.302 e. The van der Waals surface area contributed by atoms with Crippen molar-refractivity contribution in [1.29, 1.82) is 0 Å². The fourth-order valence-electron chi connectivity index (χ4n) is 1.03. The molecule has 1 atom stereocenters. The van der Waals surface area contributed by atoms with Gasteiger partial charge in [-0.1, -0.05) is 0 Å². The van der Waals surface area contributed by atoms with Crippen LogP contribution in [0.2, 0.25) is 0 Å². The minimum atomic E-state index is -0.428. The van der Waals surface area contributed by atoms with Crippen LogP contribution in [0.3, 0.4) is 0 Å². The smallest absolute Gasteiger partial charge is 0.261 e. The summed E-state index contributed by atoms with van der Waals surface area (Å²) in [6, 6.07) is 0. The van der Waals surface area contributed by atoms with Gasteiger partial charge in [0.2, 0.25) is 0 Å². The average molecular weight is 229 g/mol. The van der Waals surface area contributed by atoms with Gasteiger partial charge in [-0.05, 0) is 15.9 Å². The summed E-state index contributed by atoms with van der Waals surface area (Å²) in [4.78, 5) is 16.9. The van der Waals surface area contributed by atoms with E-state index in [-0.39, 0.29) is 5.91 Å². The quantitative estimate of drug-likeness (QED) is 0.569. The fraction of sp³-hybridized carbons (Fsp3) is 0.333. The summed E-state index contributed by atoms with van der Waals surface area (Å²) in [6.45, 7) is 0. The van der Waals surface area contributed by atoms with Crippen LogP contribution in [0, 0.1) is 0 Å². The van der Waals surface area contributed by atoms with Crippen molar-refractivity contribution in [2.75, 3.05) is 7.05 Å². The van der Waals surface area contributed by atoms with Crippen molar-refractivity contribution in [3.05, 3.63) is 10.2 Å². The highest BCUT2D eigenvalue weighted by Crippen LogP contribution is 2.29. The number of hydrogen-bond donors (Lipinski definition) is 0. The van der Waals surface area contributed by atoms with E-state index in [0.29, 0.717) is 10.2 Å². The number of aliphatic imine (C=N–C) groups is 1. The molecule has 0 bridgehead atoms. The van der Waals surface area contributed by atoms with Crippen LogP contribution < -0.4 is 0 Å². The second-order valence-corrected chi connectivity index (χ2v) is 3.23. The van der Waals surface area contributed by atoms with E-state index in [2.05, 4.69) is 31.2 Å². The van der Waals surface area contributed by atoms with Gasteiger partial charge in [0.15, 0.2) is 6.17 Å². The molecule has 2 rings (SSSR count). The third-order valence-corrected chi connectivity index (χ3v) is 2.25. The van der Waals surface area contributed by atoms with E-state index >= 15 is 0 Å². The lowest BCUT2D eigenvalue weighted by atomic mass is 10.2. The van der Waals surface area contributed by atoms with E-state index in [0.717, 1.165) is 0 Å². The van der Waals surface area contributed by atoms with Crippen LogP contribution in [0.5, 0.6) is 0 Å². The molecule has 0 N–H and O–H groups in total. The summed E-state index contributed by atoms with van der Waals surface area (Å²) in [5.41, 5.74) is 0.514. The molecule has 0 aliphatic carbocycles. The van der Waals surface area contributed by atoms with Crippen LogP contribution in [0.4, 0.5) is 0 Å². The molecule has 1 amide bonds. The third-order valence-electron chi connectivity index (χ3n) is 1.67. The molecule has 62 valence electrons. The van der Waals surface area contributed by atoms with Crippen molar-refractivity contribution in [3.63, 3.8) is 0 Å².